The Labute approximate surface area is 86.5 Å². The van der Waals surface area contributed by atoms with Gasteiger partial charge in [-0.2, -0.15) is 4.31 Å². The third-order valence-corrected chi connectivity index (χ3v) is 4.92. The number of rotatable bonds is 1. The van der Waals surface area contributed by atoms with Crippen LogP contribution in [0.3, 0.4) is 0 Å². The van der Waals surface area contributed by atoms with Crippen molar-refractivity contribution in [3.63, 3.8) is 0 Å². The normalized spacial score (nSPS) is 35.2. The van der Waals surface area contributed by atoms with Crippen molar-refractivity contribution in [3.8, 4) is 0 Å². The number of hydrogen-bond donors (Lipinski definition) is 0. The van der Waals surface area contributed by atoms with Gasteiger partial charge in [0.1, 0.15) is 0 Å². The molecule has 0 aromatic heterocycles. The molecular formula is C10H19NO2S. The van der Waals surface area contributed by atoms with Crippen molar-refractivity contribution in [1.29, 1.82) is 0 Å². The number of hydrogen-bond acceptors (Lipinski definition) is 2. The van der Waals surface area contributed by atoms with E-state index in [0.29, 0.717) is 12.0 Å². The molecule has 0 amide bonds. The first-order valence-corrected chi connectivity index (χ1v) is 7.40. The van der Waals surface area contributed by atoms with Crippen molar-refractivity contribution in [3.05, 3.63) is 0 Å². The van der Waals surface area contributed by atoms with Crippen LogP contribution in [0.2, 0.25) is 0 Å². The van der Waals surface area contributed by atoms with Crippen molar-refractivity contribution in [2.24, 2.45) is 5.92 Å². The van der Waals surface area contributed by atoms with Gasteiger partial charge in [0.15, 0.2) is 0 Å². The van der Waals surface area contributed by atoms with E-state index >= 15 is 0 Å². The Balaban J connectivity index is 2.17. The van der Waals surface area contributed by atoms with Gasteiger partial charge in [0.2, 0.25) is 10.0 Å². The van der Waals surface area contributed by atoms with Crippen LogP contribution in [0.4, 0.5) is 0 Å². The lowest BCUT2D eigenvalue weighted by molar-refractivity contribution is 0.130. The fourth-order valence-corrected chi connectivity index (χ4v) is 4.22. The minimum Gasteiger partial charge on any atom is -0.212 e. The predicted molar refractivity (Wildman–Crippen MR) is 56.5 cm³/mol. The minimum absolute atomic E-state index is 0.326. The van der Waals surface area contributed by atoms with Gasteiger partial charge >= 0.3 is 0 Å². The van der Waals surface area contributed by atoms with Crippen LogP contribution >= 0.6 is 0 Å². The molecule has 14 heavy (non-hydrogen) atoms. The van der Waals surface area contributed by atoms with E-state index in [2.05, 4.69) is 0 Å². The average Bonchev–Trinajstić information content (AvgIpc) is 2.15. The van der Waals surface area contributed by atoms with Gasteiger partial charge in [-0.15, -0.1) is 0 Å². The molecule has 0 radical (unpaired) electrons. The highest BCUT2D eigenvalue weighted by Crippen LogP contribution is 2.36. The molecule has 0 aromatic rings. The highest BCUT2D eigenvalue weighted by molar-refractivity contribution is 7.88. The summed E-state index contributed by atoms with van der Waals surface area (Å²) < 4.78 is 24.9. The second kappa shape index (κ2) is 3.81. The van der Waals surface area contributed by atoms with E-state index in [1.807, 2.05) is 0 Å². The molecule has 1 aliphatic heterocycles. The Morgan fingerprint density at radius 2 is 1.71 bits per heavy atom. The monoisotopic (exact) mass is 217 g/mol. The van der Waals surface area contributed by atoms with Crippen molar-refractivity contribution in [2.75, 3.05) is 12.8 Å². The Hall–Kier alpha value is -0.0900. The molecule has 1 saturated heterocycles. The fraction of sp³-hybridized carbons (Fsp3) is 1.00. The fourth-order valence-electron chi connectivity index (χ4n) is 2.99. The van der Waals surface area contributed by atoms with Crippen LogP contribution in [0.25, 0.3) is 0 Å². The van der Waals surface area contributed by atoms with Crippen molar-refractivity contribution < 1.29 is 8.42 Å². The van der Waals surface area contributed by atoms with Gasteiger partial charge in [0.05, 0.1) is 6.26 Å². The van der Waals surface area contributed by atoms with Gasteiger partial charge in [0, 0.05) is 12.6 Å². The molecule has 82 valence electrons. The van der Waals surface area contributed by atoms with Crippen LogP contribution in [0.5, 0.6) is 0 Å². The summed E-state index contributed by atoms with van der Waals surface area (Å²) in [5.41, 5.74) is 0. The summed E-state index contributed by atoms with van der Waals surface area (Å²) in [6.07, 6.45) is 8.44. The Morgan fingerprint density at radius 3 is 2.43 bits per heavy atom. The maximum absolute atomic E-state index is 11.6. The first-order chi connectivity index (χ1) is 6.59. The van der Waals surface area contributed by atoms with E-state index in [9.17, 15) is 8.42 Å². The largest absolute Gasteiger partial charge is 0.212 e. The van der Waals surface area contributed by atoms with Crippen LogP contribution in [0.15, 0.2) is 0 Å². The van der Waals surface area contributed by atoms with Gasteiger partial charge < -0.3 is 0 Å². The van der Waals surface area contributed by atoms with E-state index in [1.165, 1.54) is 31.9 Å². The zero-order valence-electron chi connectivity index (χ0n) is 8.78. The summed E-state index contributed by atoms with van der Waals surface area (Å²) in [5.74, 6) is 0.646. The van der Waals surface area contributed by atoms with E-state index in [4.69, 9.17) is 0 Å². The van der Waals surface area contributed by atoms with E-state index in [0.717, 1.165) is 19.4 Å². The smallest absolute Gasteiger partial charge is 0.211 e. The Morgan fingerprint density at radius 1 is 1.07 bits per heavy atom. The number of sulfonamides is 1. The molecule has 2 aliphatic rings. The molecular weight excluding hydrogens is 198 g/mol. The molecule has 0 bridgehead atoms. The summed E-state index contributed by atoms with van der Waals surface area (Å²) in [6.45, 7) is 0.750. The summed E-state index contributed by atoms with van der Waals surface area (Å²) in [6, 6.07) is 0.326. The second-order valence-electron chi connectivity index (χ2n) is 4.63. The van der Waals surface area contributed by atoms with Crippen LogP contribution in [-0.2, 0) is 10.0 Å². The first-order valence-electron chi connectivity index (χ1n) is 5.56. The van der Waals surface area contributed by atoms with Crippen LogP contribution in [0.1, 0.15) is 38.5 Å². The van der Waals surface area contributed by atoms with Crippen LogP contribution in [-0.4, -0.2) is 31.6 Å². The van der Waals surface area contributed by atoms with Crippen molar-refractivity contribution >= 4 is 10.0 Å². The van der Waals surface area contributed by atoms with Crippen LogP contribution < -0.4 is 0 Å². The zero-order valence-corrected chi connectivity index (χ0v) is 9.59. The summed E-state index contributed by atoms with van der Waals surface area (Å²) in [4.78, 5) is 0. The molecule has 3 nitrogen and oxygen atoms in total. The van der Waals surface area contributed by atoms with E-state index < -0.39 is 10.0 Å². The summed E-state index contributed by atoms with van der Waals surface area (Å²) in [5, 5.41) is 0. The lowest BCUT2D eigenvalue weighted by Gasteiger charge is -2.42. The molecule has 0 spiro atoms. The molecule has 2 rings (SSSR count). The zero-order chi connectivity index (χ0) is 10.2. The Kier molecular flexibility index (Phi) is 2.84. The molecule has 2 atom stereocenters. The highest BCUT2D eigenvalue weighted by Gasteiger charge is 2.37. The molecule has 2 fully saturated rings. The SMILES string of the molecule is CS(=O)(=O)N1CCCC2CCCCC21. The van der Waals surface area contributed by atoms with Crippen LogP contribution in [0, 0.1) is 5.92 Å². The second-order valence-corrected chi connectivity index (χ2v) is 6.56. The Bertz CT molecular complexity index is 297. The lowest BCUT2D eigenvalue weighted by atomic mass is 9.79. The van der Waals surface area contributed by atoms with E-state index in [1.54, 1.807) is 4.31 Å². The van der Waals surface area contributed by atoms with Gasteiger partial charge in [-0.05, 0) is 31.6 Å². The summed E-state index contributed by atoms with van der Waals surface area (Å²) in [7, 11) is -2.96. The standard InChI is InChI=1S/C10H19NO2S/c1-14(12,13)11-8-4-6-9-5-2-3-7-10(9)11/h9-10H,2-8H2,1H3. The molecule has 1 saturated carbocycles. The van der Waals surface area contributed by atoms with Gasteiger partial charge in [-0.1, -0.05) is 12.8 Å². The minimum atomic E-state index is -2.96. The number of piperidine rings is 1. The topological polar surface area (TPSA) is 37.4 Å². The number of nitrogens with zero attached hydrogens (tertiary/aromatic N) is 1. The predicted octanol–water partition coefficient (Wildman–Crippen LogP) is 1.60. The lowest BCUT2D eigenvalue weighted by Crippen LogP contribution is -2.49. The maximum Gasteiger partial charge on any atom is 0.211 e. The molecule has 0 aromatic carbocycles. The van der Waals surface area contributed by atoms with Crippen molar-refractivity contribution in [2.45, 2.75) is 44.6 Å². The van der Waals surface area contributed by atoms with E-state index in [-0.39, 0.29) is 0 Å². The van der Waals surface area contributed by atoms with Gasteiger partial charge in [-0.25, -0.2) is 8.42 Å². The molecule has 0 N–H and O–H groups in total. The third-order valence-electron chi connectivity index (χ3n) is 3.62. The quantitative estimate of drug-likeness (QED) is 0.669. The van der Waals surface area contributed by atoms with Crippen molar-refractivity contribution in [1.82, 2.24) is 4.31 Å². The molecule has 1 aliphatic carbocycles. The summed E-state index contributed by atoms with van der Waals surface area (Å²) >= 11 is 0. The highest BCUT2D eigenvalue weighted by atomic mass is 32.2. The third kappa shape index (κ3) is 1.96. The number of fused-ring (bicyclic) bond motifs is 1. The maximum atomic E-state index is 11.6. The average molecular weight is 217 g/mol. The molecule has 4 heteroatoms. The molecule has 1 heterocycles. The molecule has 2 unspecified atom stereocenters. The van der Waals surface area contributed by atoms with Gasteiger partial charge in [0.25, 0.3) is 0 Å². The van der Waals surface area contributed by atoms with Gasteiger partial charge in [-0.3, -0.25) is 0 Å². The first kappa shape index (κ1) is 10.4.